The molecule has 1 aromatic carbocycles. The first-order chi connectivity index (χ1) is 11.1. The van der Waals surface area contributed by atoms with Crippen molar-refractivity contribution in [2.45, 2.75) is 5.75 Å². The zero-order chi connectivity index (χ0) is 16.5. The molecule has 2 aromatic rings. The number of non-ortho nitro benzene ring substituents is 1. The van der Waals surface area contributed by atoms with E-state index in [2.05, 4.69) is 5.32 Å². The van der Waals surface area contributed by atoms with Crippen molar-refractivity contribution in [3.63, 3.8) is 0 Å². The van der Waals surface area contributed by atoms with Gasteiger partial charge >= 0.3 is 0 Å². The Labute approximate surface area is 137 Å². The fraction of sp³-hybridized carbons (Fsp3) is 0.188. The Balaban J connectivity index is 1.69. The van der Waals surface area contributed by atoms with Gasteiger partial charge in [-0.1, -0.05) is 12.1 Å². The molecule has 0 aliphatic heterocycles. The van der Waals surface area contributed by atoms with Gasteiger partial charge in [-0.25, -0.2) is 0 Å². The molecule has 7 heteroatoms. The summed E-state index contributed by atoms with van der Waals surface area (Å²) < 4.78 is 5.21. The molecule has 0 saturated heterocycles. The van der Waals surface area contributed by atoms with Crippen LogP contribution in [0.5, 0.6) is 0 Å². The molecule has 0 fully saturated rings. The minimum absolute atomic E-state index is 0.00174. The van der Waals surface area contributed by atoms with E-state index in [1.165, 1.54) is 18.2 Å². The summed E-state index contributed by atoms with van der Waals surface area (Å²) >= 11 is 1.67. The molecule has 0 radical (unpaired) electrons. The van der Waals surface area contributed by atoms with Crippen molar-refractivity contribution in [1.29, 1.82) is 0 Å². The molecule has 6 nitrogen and oxygen atoms in total. The second-order valence-corrected chi connectivity index (χ2v) is 5.71. The highest BCUT2D eigenvalue weighted by molar-refractivity contribution is 7.98. The molecule has 120 valence electrons. The Hall–Kier alpha value is -2.54. The highest BCUT2D eigenvalue weighted by atomic mass is 32.2. The van der Waals surface area contributed by atoms with Crippen LogP contribution in [0.3, 0.4) is 0 Å². The van der Waals surface area contributed by atoms with Gasteiger partial charge in [-0.05, 0) is 23.8 Å². The van der Waals surface area contributed by atoms with Crippen LogP contribution in [0.15, 0.2) is 53.2 Å². The maximum absolute atomic E-state index is 11.7. The van der Waals surface area contributed by atoms with Crippen LogP contribution in [-0.2, 0) is 10.5 Å². The van der Waals surface area contributed by atoms with E-state index in [0.717, 1.165) is 17.3 Å². The Morgan fingerprint density at radius 1 is 1.35 bits per heavy atom. The van der Waals surface area contributed by atoms with Gasteiger partial charge in [0.05, 0.1) is 16.9 Å². The zero-order valence-corrected chi connectivity index (χ0v) is 13.1. The maximum Gasteiger partial charge on any atom is 0.270 e. The Bertz CT molecular complexity index is 683. The third-order valence-corrected chi connectivity index (χ3v) is 3.86. The number of amides is 1. The number of furan rings is 1. The topological polar surface area (TPSA) is 85.4 Å². The first-order valence-electron chi connectivity index (χ1n) is 6.95. The number of carbonyl (C=O) groups excluding carboxylic acids is 1. The lowest BCUT2D eigenvalue weighted by Gasteiger charge is -2.01. The molecule has 0 aliphatic rings. The summed E-state index contributed by atoms with van der Waals surface area (Å²) in [6.45, 7) is 0.545. The van der Waals surface area contributed by atoms with Crippen molar-refractivity contribution in [2.24, 2.45) is 0 Å². The molecule has 0 atom stereocenters. The van der Waals surface area contributed by atoms with Crippen LogP contribution in [-0.4, -0.2) is 23.1 Å². The number of benzene rings is 1. The molecule has 1 amide bonds. The summed E-state index contributed by atoms with van der Waals surface area (Å²) in [4.78, 5) is 21.9. The zero-order valence-electron chi connectivity index (χ0n) is 12.3. The summed E-state index contributed by atoms with van der Waals surface area (Å²) in [7, 11) is 0. The van der Waals surface area contributed by atoms with Crippen molar-refractivity contribution >= 4 is 29.4 Å². The van der Waals surface area contributed by atoms with Crippen LogP contribution in [0.1, 0.15) is 11.3 Å². The standard InChI is InChI=1S/C16H16N2O4S/c19-16(17-8-10-23-12-15-5-2-9-22-15)7-6-13-3-1-4-14(11-13)18(20)21/h1-7,9,11H,8,10,12H2,(H,17,19)/b7-6+. The second-order valence-electron chi connectivity index (χ2n) is 4.61. The monoisotopic (exact) mass is 332 g/mol. The average Bonchev–Trinajstić information content (AvgIpc) is 3.06. The van der Waals surface area contributed by atoms with E-state index in [4.69, 9.17) is 4.42 Å². The van der Waals surface area contributed by atoms with Crippen molar-refractivity contribution in [3.8, 4) is 0 Å². The number of carbonyl (C=O) groups is 1. The number of nitro benzene ring substituents is 1. The summed E-state index contributed by atoms with van der Waals surface area (Å²) in [5, 5.41) is 13.4. The molecule has 0 unspecified atom stereocenters. The first-order valence-corrected chi connectivity index (χ1v) is 8.11. The summed E-state index contributed by atoms with van der Waals surface area (Å²) in [5.74, 6) is 2.23. The van der Waals surface area contributed by atoms with Crippen LogP contribution < -0.4 is 5.32 Å². The average molecular weight is 332 g/mol. The molecule has 0 spiro atoms. The normalized spacial score (nSPS) is 10.8. The highest BCUT2D eigenvalue weighted by Crippen LogP contribution is 2.14. The predicted octanol–water partition coefficient (Wildman–Crippen LogP) is 3.25. The molecule has 0 bridgehead atoms. The highest BCUT2D eigenvalue weighted by Gasteiger charge is 2.04. The summed E-state index contributed by atoms with van der Waals surface area (Å²) in [5.41, 5.74) is 0.614. The smallest absolute Gasteiger partial charge is 0.270 e. The van der Waals surface area contributed by atoms with Gasteiger partial charge in [-0.3, -0.25) is 14.9 Å². The second kappa shape index (κ2) is 8.79. The number of nitrogens with one attached hydrogen (secondary N) is 1. The Morgan fingerprint density at radius 2 is 2.22 bits per heavy atom. The third kappa shape index (κ3) is 5.99. The minimum Gasteiger partial charge on any atom is -0.468 e. The van der Waals surface area contributed by atoms with E-state index in [0.29, 0.717) is 12.1 Å². The maximum atomic E-state index is 11.7. The van der Waals surface area contributed by atoms with E-state index in [9.17, 15) is 14.9 Å². The van der Waals surface area contributed by atoms with Crippen molar-refractivity contribution in [3.05, 3.63) is 70.2 Å². The minimum atomic E-state index is -0.465. The lowest BCUT2D eigenvalue weighted by molar-refractivity contribution is -0.384. The molecule has 1 heterocycles. The van der Waals surface area contributed by atoms with Gasteiger partial charge in [0.1, 0.15) is 5.76 Å². The van der Waals surface area contributed by atoms with Crippen LogP contribution in [0.25, 0.3) is 6.08 Å². The van der Waals surface area contributed by atoms with E-state index >= 15 is 0 Å². The van der Waals surface area contributed by atoms with E-state index in [1.54, 1.807) is 36.2 Å². The van der Waals surface area contributed by atoms with Crippen molar-refractivity contribution < 1.29 is 14.1 Å². The Morgan fingerprint density at radius 3 is 2.96 bits per heavy atom. The van der Waals surface area contributed by atoms with E-state index in [-0.39, 0.29) is 11.6 Å². The van der Waals surface area contributed by atoms with Crippen LogP contribution >= 0.6 is 11.8 Å². The van der Waals surface area contributed by atoms with Gasteiger partial charge in [0, 0.05) is 30.5 Å². The number of hydrogen-bond donors (Lipinski definition) is 1. The van der Waals surface area contributed by atoms with Gasteiger partial charge in [0.2, 0.25) is 5.91 Å². The number of thioether (sulfide) groups is 1. The lowest BCUT2D eigenvalue weighted by atomic mass is 10.2. The van der Waals surface area contributed by atoms with Crippen molar-refractivity contribution in [2.75, 3.05) is 12.3 Å². The number of rotatable bonds is 8. The third-order valence-electron chi connectivity index (χ3n) is 2.88. The molecular weight excluding hydrogens is 316 g/mol. The quantitative estimate of drug-likeness (QED) is 0.347. The molecular formula is C16H16N2O4S. The van der Waals surface area contributed by atoms with Gasteiger partial charge in [0.15, 0.2) is 0 Å². The Kier molecular flexibility index (Phi) is 6.43. The van der Waals surface area contributed by atoms with Crippen LogP contribution in [0.2, 0.25) is 0 Å². The fourth-order valence-electron chi connectivity index (χ4n) is 1.79. The SMILES string of the molecule is O=C(/C=C/c1cccc([N+](=O)[O-])c1)NCCSCc1ccco1. The first kappa shape index (κ1) is 16.8. The lowest BCUT2D eigenvalue weighted by Crippen LogP contribution is -2.23. The molecule has 0 aliphatic carbocycles. The van der Waals surface area contributed by atoms with Crippen molar-refractivity contribution in [1.82, 2.24) is 5.32 Å². The van der Waals surface area contributed by atoms with E-state index < -0.39 is 4.92 Å². The van der Waals surface area contributed by atoms with Crippen LogP contribution in [0.4, 0.5) is 5.69 Å². The molecule has 1 N–H and O–H groups in total. The van der Waals surface area contributed by atoms with Crippen LogP contribution in [0, 0.1) is 10.1 Å². The van der Waals surface area contributed by atoms with Gasteiger partial charge in [-0.2, -0.15) is 11.8 Å². The number of nitro groups is 1. The molecule has 2 rings (SSSR count). The number of hydrogen-bond acceptors (Lipinski definition) is 5. The predicted molar refractivity (Wildman–Crippen MR) is 90.0 cm³/mol. The fourth-order valence-corrected chi connectivity index (χ4v) is 2.54. The summed E-state index contributed by atoms with van der Waals surface area (Å²) in [6, 6.07) is 9.87. The molecule has 1 aromatic heterocycles. The largest absolute Gasteiger partial charge is 0.468 e. The molecule has 23 heavy (non-hydrogen) atoms. The number of nitrogens with zero attached hydrogens (tertiary/aromatic N) is 1. The van der Waals surface area contributed by atoms with E-state index in [1.807, 2.05) is 12.1 Å². The van der Waals surface area contributed by atoms with Gasteiger partial charge < -0.3 is 9.73 Å². The van der Waals surface area contributed by atoms with Gasteiger partial charge in [-0.15, -0.1) is 0 Å². The van der Waals surface area contributed by atoms with Gasteiger partial charge in [0.25, 0.3) is 5.69 Å². The molecule has 0 saturated carbocycles. The summed E-state index contributed by atoms with van der Waals surface area (Å²) in [6.07, 6.45) is 4.56.